The third-order valence-electron chi connectivity index (χ3n) is 3.29. The molecule has 3 nitrogen and oxygen atoms in total. The van der Waals surface area contributed by atoms with E-state index in [0.29, 0.717) is 25.4 Å². The molecule has 106 valence electrons. The number of hydrogen-bond donors (Lipinski definition) is 0. The van der Waals surface area contributed by atoms with E-state index >= 15 is 0 Å². The maximum Gasteiger partial charge on any atom is 0.306 e. The van der Waals surface area contributed by atoms with Crippen molar-refractivity contribution in [3.63, 3.8) is 0 Å². The maximum absolute atomic E-state index is 11.6. The molecule has 18 heavy (non-hydrogen) atoms. The van der Waals surface area contributed by atoms with Gasteiger partial charge in [0.1, 0.15) is 5.78 Å². The third-order valence-corrected chi connectivity index (χ3v) is 3.29. The van der Waals surface area contributed by atoms with Gasteiger partial charge in [0.05, 0.1) is 13.0 Å². The summed E-state index contributed by atoms with van der Waals surface area (Å²) >= 11 is 0. The lowest BCUT2D eigenvalue weighted by Crippen LogP contribution is -2.09. The van der Waals surface area contributed by atoms with Crippen LogP contribution >= 0.6 is 0 Å². The Morgan fingerprint density at radius 2 is 1.72 bits per heavy atom. The van der Waals surface area contributed by atoms with Crippen LogP contribution in [0.4, 0.5) is 0 Å². The minimum Gasteiger partial charge on any atom is -0.466 e. The van der Waals surface area contributed by atoms with E-state index in [1.54, 1.807) is 6.92 Å². The summed E-state index contributed by atoms with van der Waals surface area (Å²) in [5, 5.41) is 0. The molecule has 0 saturated carbocycles. The van der Waals surface area contributed by atoms with Crippen molar-refractivity contribution in [2.24, 2.45) is 5.92 Å². The standard InChI is InChI=1S/C15H28O3/c1-4-7-8-13(5-2)9-10-14(16)11-12-15(17)18-6-3/h13H,4-12H2,1-3H3. The zero-order valence-corrected chi connectivity index (χ0v) is 12.2. The van der Waals surface area contributed by atoms with Gasteiger partial charge in [-0.05, 0) is 19.3 Å². The fourth-order valence-electron chi connectivity index (χ4n) is 2.01. The molecule has 3 heteroatoms. The average Bonchev–Trinajstić information content (AvgIpc) is 2.37. The number of ether oxygens (including phenoxy) is 1. The third kappa shape index (κ3) is 9.20. The number of Topliss-reactive ketones (excluding diaryl/α,β-unsaturated/α-hetero) is 1. The van der Waals surface area contributed by atoms with Crippen LogP contribution in [0.15, 0.2) is 0 Å². The van der Waals surface area contributed by atoms with E-state index in [2.05, 4.69) is 13.8 Å². The molecule has 0 bridgehead atoms. The largest absolute Gasteiger partial charge is 0.466 e. The monoisotopic (exact) mass is 256 g/mol. The van der Waals surface area contributed by atoms with Gasteiger partial charge in [-0.15, -0.1) is 0 Å². The second-order valence-corrected chi connectivity index (χ2v) is 4.80. The van der Waals surface area contributed by atoms with Crippen molar-refractivity contribution >= 4 is 11.8 Å². The highest BCUT2D eigenvalue weighted by atomic mass is 16.5. The lowest BCUT2D eigenvalue weighted by atomic mass is 9.93. The Balaban J connectivity index is 3.70. The highest BCUT2D eigenvalue weighted by Gasteiger charge is 2.11. The van der Waals surface area contributed by atoms with Gasteiger partial charge in [-0.1, -0.05) is 39.5 Å². The molecule has 0 aliphatic rings. The van der Waals surface area contributed by atoms with Gasteiger partial charge in [0.15, 0.2) is 0 Å². The van der Waals surface area contributed by atoms with Crippen molar-refractivity contribution in [2.45, 2.75) is 72.1 Å². The summed E-state index contributed by atoms with van der Waals surface area (Å²) in [6.45, 7) is 6.54. The van der Waals surface area contributed by atoms with E-state index in [1.807, 2.05) is 0 Å². The summed E-state index contributed by atoms with van der Waals surface area (Å²) in [6, 6.07) is 0. The molecule has 0 aromatic rings. The molecule has 0 amide bonds. The first-order valence-electron chi connectivity index (χ1n) is 7.31. The van der Waals surface area contributed by atoms with Crippen LogP contribution in [0.2, 0.25) is 0 Å². The van der Waals surface area contributed by atoms with E-state index in [-0.39, 0.29) is 18.2 Å². The molecule has 0 aromatic carbocycles. The van der Waals surface area contributed by atoms with Crippen LogP contribution in [0.3, 0.4) is 0 Å². The number of esters is 1. The molecule has 0 aliphatic heterocycles. The predicted octanol–water partition coefficient (Wildman–Crippen LogP) is 3.90. The molecular weight excluding hydrogens is 228 g/mol. The second kappa shape index (κ2) is 11.2. The Morgan fingerprint density at radius 1 is 1.00 bits per heavy atom. The van der Waals surface area contributed by atoms with Crippen LogP contribution in [-0.4, -0.2) is 18.4 Å². The molecule has 0 N–H and O–H groups in total. The predicted molar refractivity (Wildman–Crippen MR) is 73.4 cm³/mol. The van der Waals surface area contributed by atoms with E-state index in [1.165, 1.54) is 19.3 Å². The average molecular weight is 256 g/mol. The number of hydrogen-bond acceptors (Lipinski definition) is 3. The van der Waals surface area contributed by atoms with Crippen molar-refractivity contribution in [1.29, 1.82) is 0 Å². The number of unbranched alkanes of at least 4 members (excludes halogenated alkanes) is 1. The fraction of sp³-hybridized carbons (Fsp3) is 0.867. The Labute approximate surface area is 111 Å². The first-order chi connectivity index (χ1) is 8.63. The zero-order chi connectivity index (χ0) is 13.8. The molecular formula is C15H28O3. The number of carbonyl (C=O) groups is 2. The van der Waals surface area contributed by atoms with Gasteiger partial charge in [-0.2, -0.15) is 0 Å². The van der Waals surface area contributed by atoms with Gasteiger partial charge in [0, 0.05) is 12.8 Å². The van der Waals surface area contributed by atoms with Gasteiger partial charge in [-0.3, -0.25) is 9.59 Å². The summed E-state index contributed by atoms with van der Waals surface area (Å²) in [5.41, 5.74) is 0. The molecule has 0 fully saturated rings. The lowest BCUT2D eigenvalue weighted by Gasteiger charge is -2.13. The first-order valence-corrected chi connectivity index (χ1v) is 7.31. The highest BCUT2D eigenvalue weighted by molar-refractivity contribution is 5.82. The van der Waals surface area contributed by atoms with Crippen molar-refractivity contribution in [3.8, 4) is 0 Å². The van der Waals surface area contributed by atoms with Crippen LogP contribution < -0.4 is 0 Å². The minimum atomic E-state index is -0.260. The van der Waals surface area contributed by atoms with Gasteiger partial charge in [0.25, 0.3) is 0 Å². The second-order valence-electron chi connectivity index (χ2n) is 4.80. The molecule has 0 spiro atoms. The highest BCUT2D eigenvalue weighted by Crippen LogP contribution is 2.19. The molecule has 0 rings (SSSR count). The van der Waals surface area contributed by atoms with Gasteiger partial charge < -0.3 is 4.74 Å². The molecule has 0 aliphatic carbocycles. The zero-order valence-electron chi connectivity index (χ0n) is 12.2. The number of carbonyl (C=O) groups excluding carboxylic acids is 2. The topological polar surface area (TPSA) is 43.4 Å². The molecule has 1 atom stereocenters. The summed E-state index contributed by atoms with van der Waals surface area (Å²) in [5.74, 6) is 0.596. The number of rotatable bonds is 11. The van der Waals surface area contributed by atoms with Crippen LogP contribution in [-0.2, 0) is 14.3 Å². The van der Waals surface area contributed by atoms with Crippen LogP contribution in [0.5, 0.6) is 0 Å². The Morgan fingerprint density at radius 3 is 2.28 bits per heavy atom. The molecule has 1 unspecified atom stereocenters. The van der Waals surface area contributed by atoms with Crippen molar-refractivity contribution in [3.05, 3.63) is 0 Å². The van der Waals surface area contributed by atoms with Crippen molar-refractivity contribution in [2.75, 3.05) is 6.61 Å². The Kier molecular flexibility index (Phi) is 10.7. The van der Waals surface area contributed by atoms with Gasteiger partial charge in [-0.25, -0.2) is 0 Å². The van der Waals surface area contributed by atoms with Gasteiger partial charge in [0.2, 0.25) is 0 Å². The fourth-order valence-corrected chi connectivity index (χ4v) is 2.01. The van der Waals surface area contributed by atoms with E-state index in [9.17, 15) is 9.59 Å². The minimum absolute atomic E-state index is 0.193. The normalized spacial score (nSPS) is 12.2. The van der Waals surface area contributed by atoms with Crippen molar-refractivity contribution in [1.82, 2.24) is 0 Å². The quantitative estimate of drug-likeness (QED) is 0.527. The van der Waals surface area contributed by atoms with Crippen LogP contribution in [0, 0.1) is 5.92 Å². The summed E-state index contributed by atoms with van der Waals surface area (Å²) < 4.78 is 4.80. The Hall–Kier alpha value is -0.860. The molecule has 0 radical (unpaired) electrons. The molecule has 0 saturated heterocycles. The maximum atomic E-state index is 11.6. The smallest absolute Gasteiger partial charge is 0.306 e. The summed E-state index contributed by atoms with van der Waals surface area (Å²) in [6.07, 6.45) is 6.98. The Bertz CT molecular complexity index is 236. The lowest BCUT2D eigenvalue weighted by molar-refractivity contribution is -0.144. The SMILES string of the molecule is CCCCC(CC)CCC(=O)CCC(=O)OCC. The van der Waals surface area contributed by atoms with E-state index in [0.717, 1.165) is 12.8 Å². The molecule has 0 aromatic heterocycles. The summed E-state index contributed by atoms with van der Waals surface area (Å²) in [4.78, 5) is 22.7. The first kappa shape index (κ1) is 17.1. The number of ketones is 1. The van der Waals surface area contributed by atoms with Crippen LogP contribution in [0.1, 0.15) is 72.1 Å². The van der Waals surface area contributed by atoms with E-state index < -0.39 is 0 Å². The molecule has 0 heterocycles. The van der Waals surface area contributed by atoms with E-state index in [4.69, 9.17) is 4.74 Å². The van der Waals surface area contributed by atoms with Crippen LogP contribution in [0.25, 0.3) is 0 Å². The summed E-state index contributed by atoms with van der Waals surface area (Å²) in [7, 11) is 0. The van der Waals surface area contributed by atoms with Crippen molar-refractivity contribution < 1.29 is 14.3 Å². The van der Waals surface area contributed by atoms with Gasteiger partial charge >= 0.3 is 5.97 Å².